The number of hydrogen-bond acceptors (Lipinski definition) is 2. The zero-order valence-electron chi connectivity index (χ0n) is 12.3. The summed E-state index contributed by atoms with van der Waals surface area (Å²) < 4.78 is 75.5. The second-order valence-electron chi connectivity index (χ2n) is 5.58. The molecule has 1 aliphatic heterocycles. The summed E-state index contributed by atoms with van der Waals surface area (Å²) in [5.41, 5.74) is -0.305. The third-order valence-corrected chi connectivity index (χ3v) is 3.92. The fourth-order valence-corrected chi connectivity index (χ4v) is 2.75. The highest BCUT2D eigenvalue weighted by Crippen LogP contribution is 2.34. The van der Waals surface area contributed by atoms with Crippen LogP contribution in [-0.2, 0) is 6.18 Å². The zero-order valence-corrected chi connectivity index (χ0v) is 12.3. The molecular weight excluding hydrogens is 322 g/mol. The Morgan fingerprint density at radius 3 is 2.00 bits per heavy atom. The molecule has 23 heavy (non-hydrogen) atoms. The minimum Gasteiger partial charge on any atom is -0.314 e. The average molecular weight is 340 g/mol. The molecule has 0 aliphatic carbocycles. The molecule has 0 amide bonds. The summed E-state index contributed by atoms with van der Waals surface area (Å²) in [6.07, 6.45) is -9.84. The molecule has 1 aliphatic rings. The summed E-state index contributed by atoms with van der Waals surface area (Å²) in [4.78, 5) is 1.89. The summed E-state index contributed by atoms with van der Waals surface area (Å²) in [5.74, 6) is 0. The molecule has 0 bridgehead atoms. The number of rotatable bonds is 4. The molecule has 0 aromatic heterocycles. The van der Waals surface area contributed by atoms with E-state index in [-0.39, 0.29) is 6.42 Å². The van der Waals surface area contributed by atoms with Crippen LogP contribution in [0.1, 0.15) is 30.0 Å². The molecule has 130 valence electrons. The van der Waals surface area contributed by atoms with Gasteiger partial charge in [0.25, 0.3) is 0 Å². The Morgan fingerprint density at radius 2 is 1.52 bits per heavy atom. The van der Waals surface area contributed by atoms with Crippen LogP contribution in [0.25, 0.3) is 0 Å². The lowest BCUT2D eigenvalue weighted by Crippen LogP contribution is -2.45. The van der Waals surface area contributed by atoms with Gasteiger partial charge in [-0.25, -0.2) is 0 Å². The maximum Gasteiger partial charge on any atom is 0.416 e. The van der Waals surface area contributed by atoms with E-state index in [0.717, 1.165) is 12.1 Å². The van der Waals surface area contributed by atoms with Gasteiger partial charge in [-0.05, 0) is 24.1 Å². The maximum absolute atomic E-state index is 12.6. The van der Waals surface area contributed by atoms with Crippen molar-refractivity contribution in [3.8, 4) is 0 Å². The lowest BCUT2D eigenvalue weighted by Gasteiger charge is -2.35. The van der Waals surface area contributed by atoms with Crippen LogP contribution in [0.15, 0.2) is 24.3 Å². The van der Waals surface area contributed by atoms with Gasteiger partial charge in [-0.2, -0.15) is 26.3 Å². The van der Waals surface area contributed by atoms with Gasteiger partial charge in [0.05, 0.1) is 5.56 Å². The SMILES string of the molecule is FC(F)(F)CC[C@@H](c1ccc(C(F)(F)F)cc1)N1CCNCC1. The molecule has 0 spiro atoms. The van der Waals surface area contributed by atoms with Gasteiger partial charge < -0.3 is 5.32 Å². The van der Waals surface area contributed by atoms with Crippen molar-refractivity contribution >= 4 is 0 Å². The highest BCUT2D eigenvalue weighted by Gasteiger charge is 2.33. The van der Waals surface area contributed by atoms with Gasteiger partial charge in [-0.15, -0.1) is 0 Å². The Morgan fingerprint density at radius 1 is 0.957 bits per heavy atom. The van der Waals surface area contributed by atoms with Crippen LogP contribution in [-0.4, -0.2) is 37.3 Å². The monoisotopic (exact) mass is 340 g/mol. The van der Waals surface area contributed by atoms with Gasteiger partial charge in [0.1, 0.15) is 0 Å². The first-order valence-corrected chi connectivity index (χ1v) is 7.35. The van der Waals surface area contributed by atoms with Gasteiger partial charge in [-0.3, -0.25) is 4.90 Å². The Balaban J connectivity index is 2.18. The predicted molar refractivity (Wildman–Crippen MR) is 73.9 cm³/mol. The van der Waals surface area contributed by atoms with Gasteiger partial charge >= 0.3 is 12.4 Å². The summed E-state index contributed by atoms with van der Waals surface area (Å²) in [6, 6.07) is 3.90. The van der Waals surface area contributed by atoms with E-state index in [0.29, 0.717) is 31.7 Å². The quantitative estimate of drug-likeness (QED) is 0.834. The van der Waals surface area contributed by atoms with E-state index in [1.54, 1.807) is 0 Å². The van der Waals surface area contributed by atoms with Crippen molar-refractivity contribution in [2.45, 2.75) is 31.2 Å². The van der Waals surface area contributed by atoms with E-state index in [1.165, 1.54) is 12.1 Å². The molecule has 2 nitrogen and oxygen atoms in total. The number of alkyl halides is 6. The van der Waals surface area contributed by atoms with E-state index < -0.39 is 30.4 Å². The van der Waals surface area contributed by atoms with Crippen LogP contribution in [0, 0.1) is 0 Å². The van der Waals surface area contributed by atoms with Crippen molar-refractivity contribution in [1.82, 2.24) is 10.2 Å². The number of piperazine rings is 1. The number of nitrogens with zero attached hydrogens (tertiary/aromatic N) is 1. The molecule has 1 aromatic rings. The van der Waals surface area contributed by atoms with Crippen LogP contribution in [0.2, 0.25) is 0 Å². The number of nitrogens with one attached hydrogen (secondary N) is 1. The molecule has 1 aromatic carbocycles. The lowest BCUT2D eigenvalue weighted by atomic mass is 9.98. The minimum absolute atomic E-state index is 0.158. The lowest BCUT2D eigenvalue weighted by molar-refractivity contribution is -0.138. The third kappa shape index (κ3) is 5.39. The molecule has 1 fully saturated rings. The summed E-state index contributed by atoms with van der Waals surface area (Å²) in [6.45, 7) is 2.46. The fourth-order valence-electron chi connectivity index (χ4n) is 2.75. The van der Waals surface area contributed by atoms with Crippen molar-refractivity contribution in [3.05, 3.63) is 35.4 Å². The molecule has 0 saturated carbocycles. The van der Waals surface area contributed by atoms with Crippen molar-refractivity contribution in [3.63, 3.8) is 0 Å². The van der Waals surface area contributed by atoms with Gasteiger partial charge in [0.15, 0.2) is 0 Å². The first-order chi connectivity index (χ1) is 10.7. The molecular formula is C15H18F6N2. The highest BCUT2D eigenvalue weighted by atomic mass is 19.4. The fraction of sp³-hybridized carbons (Fsp3) is 0.600. The zero-order chi connectivity index (χ0) is 17.1. The first kappa shape index (κ1) is 18.1. The topological polar surface area (TPSA) is 15.3 Å². The average Bonchev–Trinajstić information content (AvgIpc) is 2.47. The smallest absolute Gasteiger partial charge is 0.314 e. The van der Waals surface area contributed by atoms with Gasteiger partial charge in [-0.1, -0.05) is 12.1 Å². The van der Waals surface area contributed by atoms with E-state index in [4.69, 9.17) is 0 Å². The van der Waals surface area contributed by atoms with Crippen LogP contribution >= 0.6 is 0 Å². The Kier molecular flexibility index (Phi) is 5.57. The van der Waals surface area contributed by atoms with Gasteiger partial charge in [0.2, 0.25) is 0 Å². The highest BCUT2D eigenvalue weighted by molar-refractivity contribution is 5.27. The van der Waals surface area contributed by atoms with Crippen LogP contribution in [0.4, 0.5) is 26.3 Å². The second kappa shape index (κ2) is 7.09. The largest absolute Gasteiger partial charge is 0.416 e. The van der Waals surface area contributed by atoms with E-state index >= 15 is 0 Å². The standard InChI is InChI=1S/C15H18F6N2/c16-14(17,18)6-5-13(23-9-7-22-8-10-23)11-1-3-12(4-2-11)15(19,20)21/h1-4,13,22H,5-10H2/t13-/m0/s1. The summed E-state index contributed by atoms with van der Waals surface area (Å²) in [5, 5.41) is 3.11. The molecule has 1 N–H and O–H groups in total. The van der Waals surface area contributed by atoms with Crippen LogP contribution in [0.5, 0.6) is 0 Å². The number of hydrogen-bond donors (Lipinski definition) is 1. The molecule has 1 saturated heterocycles. The van der Waals surface area contributed by atoms with Crippen molar-refractivity contribution in [1.29, 1.82) is 0 Å². The summed E-state index contributed by atoms with van der Waals surface area (Å²) in [7, 11) is 0. The Bertz CT molecular complexity index is 488. The van der Waals surface area contributed by atoms with Crippen LogP contribution < -0.4 is 5.32 Å². The second-order valence-corrected chi connectivity index (χ2v) is 5.58. The minimum atomic E-state index is -4.45. The van der Waals surface area contributed by atoms with E-state index in [2.05, 4.69) is 5.32 Å². The van der Waals surface area contributed by atoms with E-state index in [9.17, 15) is 26.3 Å². The maximum atomic E-state index is 12.6. The molecule has 0 radical (unpaired) electrons. The predicted octanol–water partition coefficient (Wildman–Crippen LogP) is 3.99. The summed E-state index contributed by atoms with van der Waals surface area (Å²) >= 11 is 0. The molecule has 0 unspecified atom stereocenters. The normalized spacial score (nSPS) is 18.9. The molecule has 1 heterocycles. The Hall–Kier alpha value is -1.28. The first-order valence-electron chi connectivity index (χ1n) is 7.35. The third-order valence-electron chi connectivity index (χ3n) is 3.92. The van der Waals surface area contributed by atoms with Crippen LogP contribution in [0.3, 0.4) is 0 Å². The molecule has 8 heteroatoms. The number of halogens is 6. The molecule has 2 rings (SSSR count). The van der Waals surface area contributed by atoms with Gasteiger partial charge in [0, 0.05) is 38.6 Å². The molecule has 1 atom stereocenters. The number of benzene rings is 1. The van der Waals surface area contributed by atoms with Crippen molar-refractivity contribution < 1.29 is 26.3 Å². The van der Waals surface area contributed by atoms with Crippen molar-refractivity contribution in [2.24, 2.45) is 0 Å². The van der Waals surface area contributed by atoms with Crippen molar-refractivity contribution in [2.75, 3.05) is 26.2 Å². The van der Waals surface area contributed by atoms with E-state index in [1.807, 2.05) is 4.90 Å². The Labute approximate surface area is 130 Å².